The van der Waals surface area contributed by atoms with Crippen LogP contribution in [0.5, 0.6) is 0 Å². The Labute approximate surface area is 120 Å². The molecule has 1 aromatic rings. The third kappa shape index (κ3) is 2.73. The summed E-state index contributed by atoms with van der Waals surface area (Å²) in [5.74, 6) is 5.77. The van der Waals surface area contributed by atoms with Crippen molar-refractivity contribution in [3.05, 3.63) is 35.4 Å². The van der Waals surface area contributed by atoms with Gasteiger partial charge in [0.05, 0.1) is 6.10 Å². The highest BCUT2D eigenvalue weighted by Gasteiger charge is 2.39. The quantitative estimate of drug-likeness (QED) is 0.802. The number of rotatable bonds is 2. The zero-order valence-electron chi connectivity index (χ0n) is 11.6. The summed E-state index contributed by atoms with van der Waals surface area (Å²) in [6.07, 6.45) is 4.09. The molecule has 0 aromatic heterocycles. The lowest BCUT2D eigenvalue weighted by Crippen LogP contribution is -2.44. The van der Waals surface area contributed by atoms with E-state index in [1.54, 1.807) is 0 Å². The smallest absolute Gasteiger partial charge is 0.104 e. The molecule has 3 rings (SSSR count). The summed E-state index contributed by atoms with van der Waals surface area (Å²) in [5, 5.41) is 18.7. The molecule has 2 unspecified atom stereocenters. The number of nitrogens with zero attached hydrogens (tertiary/aromatic N) is 1. The SMILES string of the molecule is OCC#Cc1ccccc1CN1C2CCC1CC(O)C2. The van der Waals surface area contributed by atoms with Gasteiger partial charge < -0.3 is 10.2 Å². The molecular weight excluding hydrogens is 250 g/mol. The molecule has 0 spiro atoms. The van der Waals surface area contributed by atoms with Gasteiger partial charge >= 0.3 is 0 Å². The molecule has 0 aliphatic carbocycles. The summed E-state index contributed by atoms with van der Waals surface area (Å²) in [6, 6.07) is 9.19. The minimum atomic E-state index is -0.117. The number of hydrogen-bond donors (Lipinski definition) is 2. The van der Waals surface area contributed by atoms with E-state index in [0.717, 1.165) is 24.9 Å². The second-order valence-electron chi connectivity index (χ2n) is 5.80. The number of aliphatic hydroxyl groups is 2. The van der Waals surface area contributed by atoms with E-state index in [-0.39, 0.29) is 12.7 Å². The molecule has 2 atom stereocenters. The molecule has 3 heteroatoms. The summed E-state index contributed by atoms with van der Waals surface area (Å²) in [7, 11) is 0. The van der Waals surface area contributed by atoms with Gasteiger partial charge in [0.25, 0.3) is 0 Å². The molecule has 2 aliphatic rings. The van der Waals surface area contributed by atoms with Gasteiger partial charge in [-0.15, -0.1) is 0 Å². The lowest BCUT2D eigenvalue weighted by atomic mass is 9.98. The third-order valence-corrected chi connectivity index (χ3v) is 4.53. The van der Waals surface area contributed by atoms with Gasteiger partial charge in [-0.25, -0.2) is 0 Å². The van der Waals surface area contributed by atoms with E-state index in [1.165, 1.54) is 18.4 Å². The van der Waals surface area contributed by atoms with Gasteiger partial charge in [-0.2, -0.15) is 0 Å². The van der Waals surface area contributed by atoms with E-state index in [4.69, 9.17) is 5.11 Å². The van der Waals surface area contributed by atoms with Crippen LogP contribution in [0.3, 0.4) is 0 Å². The largest absolute Gasteiger partial charge is 0.393 e. The van der Waals surface area contributed by atoms with E-state index in [9.17, 15) is 5.11 Å². The molecule has 106 valence electrons. The zero-order chi connectivity index (χ0) is 13.9. The molecular formula is C17H21NO2. The van der Waals surface area contributed by atoms with Gasteiger partial charge in [0.1, 0.15) is 6.61 Å². The predicted molar refractivity (Wildman–Crippen MR) is 78.0 cm³/mol. The van der Waals surface area contributed by atoms with Crippen molar-refractivity contribution in [2.45, 2.75) is 50.4 Å². The van der Waals surface area contributed by atoms with Crippen LogP contribution >= 0.6 is 0 Å². The fraction of sp³-hybridized carbons (Fsp3) is 0.529. The van der Waals surface area contributed by atoms with E-state index in [0.29, 0.717) is 12.1 Å². The lowest BCUT2D eigenvalue weighted by molar-refractivity contribution is 0.0310. The molecule has 2 heterocycles. The summed E-state index contributed by atoms with van der Waals surface area (Å²) in [6.45, 7) is 0.799. The van der Waals surface area contributed by atoms with Gasteiger partial charge in [0, 0.05) is 24.2 Å². The minimum absolute atomic E-state index is 0.102. The number of aliphatic hydroxyl groups excluding tert-OH is 2. The van der Waals surface area contributed by atoms with Crippen molar-refractivity contribution in [3.63, 3.8) is 0 Å². The molecule has 0 amide bonds. The van der Waals surface area contributed by atoms with E-state index >= 15 is 0 Å². The lowest BCUT2D eigenvalue weighted by Gasteiger charge is -2.37. The monoisotopic (exact) mass is 271 g/mol. The molecule has 0 saturated carbocycles. The topological polar surface area (TPSA) is 43.7 Å². The zero-order valence-corrected chi connectivity index (χ0v) is 11.6. The maximum atomic E-state index is 9.87. The Bertz CT molecular complexity index is 517. The molecule has 3 nitrogen and oxygen atoms in total. The Morgan fingerprint density at radius 3 is 2.55 bits per heavy atom. The third-order valence-electron chi connectivity index (χ3n) is 4.53. The second kappa shape index (κ2) is 5.97. The van der Waals surface area contributed by atoms with Crippen molar-refractivity contribution in [1.29, 1.82) is 0 Å². The first kappa shape index (κ1) is 13.6. The highest BCUT2D eigenvalue weighted by molar-refractivity contribution is 5.41. The summed E-state index contributed by atoms with van der Waals surface area (Å²) in [5.41, 5.74) is 2.23. The summed E-state index contributed by atoms with van der Waals surface area (Å²) < 4.78 is 0. The van der Waals surface area contributed by atoms with Crippen LogP contribution in [-0.4, -0.2) is 39.9 Å². The standard InChI is InChI=1S/C17H21NO2/c19-9-3-6-13-4-1-2-5-14(13)12-18-15-7-8-16(18)11-17(20)10-15/h1-2,4-5,15-17,19-20H,7-12H2. The number of piperidine rings is 1. The van der Waals surface area contributed by atoms with Crippen molar-refractivity contribution < 1.29 is 10.2 Å². The highest BCUT2D eigenvalue weighted by Crippen LogP contribution is 2.36. The minimum Gasteiger partial charge on any atom is -0.393 e. The molecule has 2 fully saturated rings. The van der Waals surface area contributed by atoms with Gasteiger partial charge in [-0.05, 0) is 37.3 Å². The van der Waals surface area contributed by atoms with Gasteiger partial charge in [0.2, 0.25) is 0 Å². The molecule has 1 aromatic carbocycles. The van der Waals surface area contributed by atoms with Crippen molar-refractivity contribution in [1.82, 2.24) is 4.90 Å². The molecule has 0 radical (unpaired) electrons. The molecule has 20 heavy (non-hydrogen) atoms. The first-order valence-corrected chi connectivity index (χ1v) is 7.39. The fourth-order valence-corrected chi connectivity index (χ4v) is 3.62. The van der Waals surface area contributed by atoms with Crippen molar-refractivity contribution >= 4 is 0 Å². The van der Waals surface area contributed by atoms with Crippen molar-refractivity contribution in [3.8, 4) is 11.8 Å². The number of hydrogen-bond acceptors (Lipinski definition) is 3. The van der Waals surface area contributed by atoms with Crippen LogP contribution < -0.4 is 0 Å². The second-order valence-corrected chi connectivity index (χ2v) is 5.80. The molecule has 2 saturated heterocycles. The Balaban J connectivity index is 1.79. The first-order valence-electron chi connectivity index (χ1n) is 7.39. The van der Waals surface area contributed by atoms with Crippen molar-refractivity contribution in [2.24, 2.45) is 0 Å². The normalized spacial score (nSPS) is 29.0. The Morgan fingerprint density at radius 2 is 1.85 bits per heavy atom. The van der Waals surface area contributed by atoms with Crippen LogP contribution in [0.25, 0.3) is 0 Å². The van der Waals surface area contributed by atoms with Crippen LogP contribution in [0.15, 0.2) is 24.3 Å². The van der Waals surface area contributed by atoms with E-state index in [2.05, 4.69) is 22.8 Å². The average Bonchev–Trinajstić information content (AvgIpc) is 2.69. The predicted octanol–water partition coefficient (Wildman–Crippen LogP) is 1.52. The van der Waals surface area contributed by atoms with E-state index < -0.39 is 0 Å². The van der Waals surface area contributed by atoms with Crippen LogP contribution in [-0.2, 0) is 6.54 Å². The molecule has 2 aliphatic heterocycles. The van der Waals surface area contributed by atoms with Crippen LogP contribution in [0.2, 0.25) is 0 Å². The Kier molecular flexibility index (Phi) is 4.07. The number of benzene rings is 1. The maximum Gasteiger partial charge on any atom is 0.104 e. The van der Waals surface area contributed by atoms with Crippen molar-refractivity contribution in [2.75, 3.05) is 6.61 Å². The molecule has 2 bridgehead atoms. The highest BCUT2D eigenvalue weighted by atomic mass is 16.3. The van der Waals surface area contributed by atoms with Gasteiger partial charge in [-0.1, -0.05) is 30.0 Å². The van der Waals surface area contributed by atoms with Gasteiger partial charge in [-0.3, -0.25) is 4.90 Å². The molecule has 2 N–H and O–H groups in total. The van der Waals surface area contributed by atoms with Gasteiger partial charge in [0.15, 0.2) is 0 Å². The summed E-state index contributed by atoms with van der Waals surface area (Å²) >= 11 is 0. The van der Waals surface area contributed by atoms with E-state index in [1.807, 2.05) is 18.2 Å². The maximum absolute atomic E-state index is 9.87. The fourth-order valence-electron chi connectivity index (χ4n) is 3.62. The first-order chi connectivity index (χ1) is 9.78. The van der Waals surface area contributed by atoms with Crippen LogP contribution in [0.1, 0.15) is 36.8 Å². The average molecular weight is 271 g/mol. The Morgan fingerprint density at radius 1 is 1.15 bits per heavy atom. The summed E-state index contributed by atoms with van der Waals surface area (Å²) in [4.78, 5) is 2.53. The van der Waals surface area contributed by atoms with Crippen LogP contribution in [0, 0.1) is 11.8 Å². The Hall–Kier alpha value is -1.34. The van der Waals surface area contributed by atoms with Crippen LogP contribution in [0.4, 0.5) is 0 Å². The number of fused-ring (bicyclic) bond motifs is 2.